The zero-order valence-corrected chi connectivity index (χ0v) is 21.0. The molecule has 0 amide bonds. The molecule has 1 fully saturated rings. The molecule has 5 heterocycles. The third-order valence-electron chi connectivity index (χ3n) is 6.94. The smallest absolute Gasteiger partial charge is 0.226 e. The molecule has 0 bridgehead atoms. The van der Waals surface area contributed by atoms with Crippen molar-refractivity contribution in [1.29, 1.82) is 5.26 Å². The highest BCUT2D eigenvalue weighted by Gasteiger charge is 2.35. The van der Waals surface area contributed by atoms with Crippen LogP contribution in [0.5, 0.6) is 0 Å². The van der Waals surface area contributed by atoms with Crippen LogP contribution in [0.25, 0.3) is 32.2 Å². The highest BCUT2D eigenvalue weighted by molar-refractivity contribution is 7.23. The van der Waals surface area contributed by atoms with Gasteiger partial charge in [-0.05, 0) is 25.2 Å². The van der Waals surface area contributed by atoms with Gasteiger partial charge in [-0.3, -0.25) is 4.98 Å². The topological polar surface area (TPSA) is 124 Å². The summed E-state index contributed by atoms with van der Waals surface area (Å²) in [6.07, 6.45) is 2.31. The Labute approximate surface area is 214 Å². The first-order valence-corrected chi connectivity index (χ1v) is 12.4. The van der Waals surface area contributed by atoms with E-state index in [1.54, 1.807) is 6.20 Å². The number of nitrogens with zero attached hydrogens (tertiary/aromatic N) is 6. The van der Waals surface area contributed by atoms with Gasteiger partial charge in [-0.15, -0.1) is 11.3 Å². The number of benzene rings is 1. The van der Waals surface area contributed by atoms with Gasteiger partial charge in [0, 0.05) is 35.6 Å². The van der Waals surface area contributed by atoms with Crippen LogP contribution in [0.15, 0.2) is 12.4 Å². The number of ether oxygens (including phenoxy) is 1. The van der Waals surface area contributed by atoms with Gasteiger partial charge in [-0.1, -0.05) is 11.6 Å². The lowest BCUT2D eigenvalue weighted by atomic mass is 9.94. The Balaban J connectivity index is 1.59. The summed E-state index contributed by atoms with van der Waals surface area (Å²) >= 11 is 8.03. The maximum atomic E-state index is 14.7. The van der Waals surface area contributed by atoms with Gasteiger partial charge < -0.3 is 25.4 Å². The lowest BCUT2D eigenvalue weighted by Gasteiger charge is -2.21. The summed E-state index contributed by atoms with van der Waals surface area (Å²) in [4.78, 5) is 17.7. The Morgan fingerprint density at radius 2 is 2.06 bits per heavy atom. The number of anilines is 2. The molecular formula is C24H21ClFN7O2S. The predicted octanol–water partition coefficient (Wildman–Crippen LogP) is 3.29. The minimum absolute atomic E-state index is 0.0473. The molecule has 2 aliphatic heterocycles. The van der Waals surface area contributed by atoms with Crippen molar-refractivity contribution in [3.8, 4) is 17.3 Å². The van der Waals surface area contributed by atoms with Gasteiger partial charge in [0.2, 0.25) is 5.95 Å². The average Bonchev–Trinajstić information content (AvgIpc) is 3.57. The number of nitriles is 1. The van der Waals surface area contributed by atoms with Gasteiger partial charge >= 0.3 is 0 Å². The molecule has 2 aliphatic rings. The van der Waals surface area contributed by atoms with E-state index in [-0.39, 0.29) is 27.9 Å². The molecule has 2 atom stereocenters. The normalized spacial score (nSPS) is 19.5. The lowest BCUT2D eigenvalue weighted by Crippen LogP contribution is -2.38. The van der Waals surface area contributed by atoms with Gasteiger partial charge in [-0.25, -0.2) is 14.4 Å². The number of likely N-dealkylation sites (N-methyl/N-ethyl adjacent to an activating group) is 1. The van der Waals surface area contributed by atoms with Crippen molar-refractivity contribution in [3.63, 3.8) is 0 Å². The number of hydrogen-bond acceptors (Lipinski definition) is 10. The second kappa shape index (κ2) is 8.47. The summed E-state index contributed by atoms with van der Waals surface area (Å²) in [6, 6.07) is 2.04. The lowest BCUT2D eigenvalue weighted by molar-refractivity contribution is 0.114. The van der Waals surface area contributed by atoms with Crippen LogP contribution in [0.3, 0.4) is 0 Å². The minimum Gasteiger partial charge on any atom is -0.390 e. The molecule has 1 aromatic carbocycles. The number of halogens is 2. The molecule has 0 spiro atoms. The van der Waals surface area contributed by atoms with E-state index in [0.29, 0.717) is 52.8 Å². The first-order chi connectivity index (χ1) is 17.3. The van der Waals surface area contributed by atoms with Gasteiger partial charge in [0.05, 0.1) is 58.1 Å². The van der Waals surface area contributed by atoms with Crippen LogP contribution < -0.4 is 10.6 Å². The van der Waals surface area contributed by atoms with E-state index in [0.717, 1.165) is 34.0 Å². The fraction of sp³-hybridized carbons (Fsp3) is 0.333. The van der Waals surface area contributed by atoms with E-state index < -0.39 is 11.9 Å². The highest BCUT2D eigenvalue weighted by Crippen LogP contribution is 2.47. The molecule has 12 heteroatoms. The standard InChI is InChI=1S/C24H21ClFN7O2S/c1-32(2)15-6-33(7-16(15)34)24-30-4-11-12-8-35-9-13(12)17(19(25)20(11)31-24)21-18-10(3-27)23(28)36-22(18)14(26)5-29-21/h4-5,15-16,34H,6-9,28H2,1-2H3/t15-,16-/m1/s1. The van der Waals surface area contributed by atoms with E-state index in [1.165, 1.54) is 0 Å². The second-order valence-electron chi connectivity index (χ2n) is 9.19. The van der Waals surface area contributed by atoms with Crippen molar-refractivity contribution >= 4 is 54.9 Å². The molecule has 0 radical (unpaired) electrons. The molecule has 0 aliphatic carbocycles. The minimum atomic E-state index is -0.551. The van der Waals surface area contributed by atoms with Crippen LogP contribution >= 0.6 is 22.9 Å². The van der Waals surface area contributed by atoms with Gasteiger partial charge in [0.25, 0.3) is 0 Å². The number of pyridine rings is 1. The third-order valence-corrected chi connectivity index (χ3v) is 8.33. The number of aromatic nitrogens is 3. The summed E-state index contributed by atoms with van der Waals surface area (Å²) in [5.41, 5.74) is 9.33. The number of rotatable bonds is 3. The van der Waals surface area contributed by atoms with Crippen LogP contribution in [0, 0.1) is 17.1 Å². The van der Waals surface area contributed by atoms with Crippen molar-refractivity contribution in [1.82, 2.24) is 19.9 Å². The first-order valence-electron chi connectivity index (χ1n) is 11.2. The molecule has 9 nitrogen and oxygen atoms in total. The van der Waals surface area contributed by atoms with Crippen molar-refractivity contribution in [2.75, 3.05) is 37.8 Å². The first kappa shape index (κ1) is 23.3. The quantitative estimate of drug-likeness (QED) is 0.414. The van der Waals surface area contributed by atoms with Crippen LogP contribution in [0.4, 0.5) is 15.3 Å². The Morgan fingerprint density at radius 1 is 1.28 bits per heavy atom. The molecule has 6 rings (SSSR count). The Bertz CT molecular complexity index is 1600. The number of β-amino-alcohol motifs (C(OH)–C–C–N with tert-alkyl or cyclic N) is 1. The Hall–Kier alpha value is -3.14. The van der Waals surface area contributed by atoms with Crippen LogP contribution in [-0.4, -0.2) is 64.3 Å². The Kier molecular flexibility index (Phi) is 5.47. The van der Waals surface area contributed by atoms with Gasteiger partial charge in [0.1, 0.15) is 11.1 Å². The monoisotopic (exact) mass is 525 g/mol. The number of aliphatic hydroxyl groups excluding tert-OH is 1. The number of thiophene rings is 1. The molecule has 36 heavy (non-hydrogen) atoms. The molecule has 0 saturated carbocycles. The molecule has 0 unspecified atom stereocenters. The van der Waals surface area contributed by atoms with Gasteiger partial charge in [0.15, 0.2) is 5.82 Å². The van der Waals surface area contributed by atoms with E-state index in [4.69, 9.17) is 27.1 Å². The van der Waals surface area contributed by atoms with Gasteiger partial charge in [-0.2, -0.15) is 5.26 Å². The summed E-state index contributed by atoms with van der Waals surface area (Å²) in [6.45, 7) is 1.59. The number of fused-ring (bicyclic) bond motifs is 4. The maximum Gasteiger partial charge on any atom is 0.226 e. The fourth-order valence-corrected chi connectivity index (χ4v) is 6.40. The van der Waals surface area contributed by atoms with E-state index in [9.17, 15) is 14.8 Å². The molecule has 1 saturated heterocycles. The molecular weight excluding hydrogens is 505 g/mol. The molecule has 3 N–H and O–H groups in total. The molecule has 184 valence electrons. The number of nitrogen functional groups attached to an aromatic ring is 1. The fourth-order valence-electron chi connectivity index (χ4n) is 5.13. The van der Waals surface area contributed by atoms with E-state index in [1.807, 2.05) is 23.9 Å². The zero-order valence-electron chi connectivity index (χ0n) is 19.4. The Morgan fingerprint density at radius 3 is 2.78 bits per heavy atom. The maximum absolute atomic E-state index is 14.7. The summed E-state index contributed by atoms with van der Waals surface area (Å²) < 4.78 is 20.7. The summed E-state index contributed by atoms with van der Waals surface area (Å²) in [5, 5.41) is 21.9. The van der Waals surface area contributed by atoms with E-state index in [2.05, 4.69) is 16.0 Å². The number of aliphatic hydroxyl groups is 1. The molecule has 3 aromatic heterocycles. The van der Waals surface area contributed by atoms with Crippen LogP contribution in [0.1, 0.15) is 16.7 Å². The summed E-state index contributed by atoms with van der Waals surface area (Å²) in [7, 11) is 3.85. The highest BCUT2D eigenvalue weighted by atomic mass is 35.5. The number of nitrogens with two attached hydrogens (primary N) is 1. The SMILES string of the molecule is CN(C)[C@@H]1CN(c2ncc3c4c(c(-c5ncc(F)c6sc(N)c(C#N)c56)c(Cl)c3n2)COC4)C[C@H]1O. The second-order valence-corrected chi connectivity index (χ2v) is 10.6. The van der Waals surface area contributed by atoms with Crippen molar-refractivity contribution in [2.24, 2.45) is 0 Å². The van der Waals surface area contributed by atoms with Crippen LogP contribution in [0.2, 0.25) is 5.02 Å². The largest absolute Gasteiger partial charge is 0.390 e. The van der Waals surface area contributed by atoms with Crippen LogP contribution in [-0.2, 0) is 18.0 Å². The van der Waals surface area contributed by atoms with Crippen molar-refractivity contribution < 1.29 is 14.2 Å². The zero-order chi connectivity index (χ0) is 25.3. The van der Waals surface area contributed by atoms with E-state index >= 15 is 0 Å². The van der Waals surface area contributed by atoms with Crippen molar-refractivity contribution in [2.45, 2.75) is 25.4 Å². The van der Waals surface area contributed by atoms with Crippen molar-refractivity contribution in [3.05, 3.63) is 39.9 Å². The third kappa shape index (κ3) is 3.33. The molecule has 4 aromatic rings. The predicted molar refractivity (Wildman–Crippen MR) is 136 cm³/mol. The average molecular weight is 526 g/mol. The summed E-state index contributed by atoms with van der Waals surface area (Å²) in [5.74, 6) is -0.100. The number of hydrogen-bond donors (Lipinski definition) is 2.